The third-order valence-corrected chi connectivity index (χ3v) is 3.46. The summed E-state index contributed by atoms with van der Waals surface area (Å²) in [6, 6.07) is 5.94. The van der Waals surface area contributed by atoms with Crippen LogP contribution in [0.4, 0.5) is 13.2 Å². The minimum Gasteiger partial charge on any atom is -0.305 e. The van der Waals surface area contributed by atoms with Crippen molar-refractivity contribution in [3.63, 3.8) is 0 Å². The second-order valence-corrected chi connectivity index (χ2v) is 4.89. The lowest BCUT2D eigenvalue weighted by molar-refractivity contribution is -0.138. The topological polar surface area (TPSA) is 3.24 Å². The van der Waals surface area contributed by atoms with Crippen LogP contribution in [0.5, 0.6) is 0 Å². The summed E-state index contributed by atoms with van der Waals surface area (Å²) in [4.78, 5) is 2.09. The fraction of sp³-hybridized carbons (Fsp3) is 0.538. The van der Waals surface area contributed by atoms with Gasteiger partial charge in [-0.2, -0.15) is 13.2 Å². The van der Waals surface area contributed by atoms with E-state index < -0.39 is 11.7 Å². The van der Waals surface area contributed by atoms with E-state index in [0.29, 0.717) is 12.1 Å². The van der Waals surface area contributed by atoms with Gasteiger partial charge >= 0.3 is 6.18 Å². The molecule has 1 aromatic carbocycles. The normalized spacial score (nSPS) is 26.4. The average Bonchev–Trinajstić information content (AvgIpc) is 2.56. The Morgan fingerprint density at radius 1 is 1.18 bits per heavy atom. The number of halogens is 3. The highest BCUT2D eigenvalue weighted by Crippen LogP contribution is 2.39. The average molecular weight is 243 g/mol. The number of nitrogens with zero attached hydrogens (tertiary/aromatic N) is 1. The van der Waals surface area contributed by atoms with E-state index >= 15 is 0 Å². The first kappa shape index (κ1) is 12.4. The Balaban J connectivity index is 2.39. The summed E-state index contributed by atoms with van der Waals surface area (Å²) in [7, 11) is 1.95. The van der Waals surface area contributed by atoms with Crippen LogP contribution >= 0.6 is 0 Å². The van der Waals surface area contributed by atoms with Crippen molar-refractivity contribution in [3.05, 3.63) is 35.4 Å². The molecule has 1 saturated heterocycles. The Bertz CT molecular complexity index is 400. The molecule has 0 radical (unpaired) electrons. The molecule has 17 heavy (non-hydrogen) atoms. The minimum atomic E-state index is -4.25. The quantitative estimate of drug-likeness (QED) is 0.731. The Hall–Kier alpha value is -1.03. The van der Waals surface area contributed by atoms with Crippen molar-refractivity contribution < 1.29 is 13.2 Å². The number of hydrogen-bond acceptors (Lipinski definition) is 1. The zero-order valence-electron chi connectivity index (χ0n) is 9.96. The molecule has 1 aliphatic heterocycles. The molecule has 0 aromatic heterocycles. The molecule has 4 heteroatoms. The summed E-state index contributed by atoms with van der Waals surface area (Å²) >= 11 is 0. The van der Waals surface area contributed by atoms with E-state index in [0.717, 1.165) is 6.54 Å². The summed E-state index contributed by atoms with van der Waals surface area (Å²) in [5.41, 5.74) is -0.0380. The largest absolute Gasteiger partial charge is 0.416 e. The Morgan fingerprint density at radius 2 is 1.82 bits per heavy atom. The molecule has 1 aliphatic rings. The molecular formula is C13H16F3N. The van der Waals surface area contributed by atoms with Gasteiger partial charge in [0, 0.05) is 19.0 Å². The SMILES string of the molecule is C[C@@H]1CN(C)C[C@H]1c1ccccc1C(F)(F)F. The predicted octanol–water partition coefficient (Wildman–Crippen LogP) is 3.37. The zero-order valence-corrected chi connectivity index (χ0v) is 9.96. The lowest BCUT2D eigenvalue weighted by Gasteiger charge is -2.20. The molecule has 94 valence electrons. The van der Waals surface area contributed by atoms with Crippen molar-refractivity contribution in [3.8, 4) is 0 Å². The Morgan fingerprint density at radius 3 is 2.35 bits per heavy atom. The van der Waals surface area contributed by atoms with Gasteiger partial charge in [-0.3, -0.25) is 0 Å². The van der Waals surface area contributed by atoms with Crippen LogP contribution in [0.3, 0.4) is 0 Å². The fourth-order valence-corrected chi connectivity index (χ4v) is 2.69. The maximum atomic E-state index is 12.9. The predicted molar refractivity (Wildman–Crippen MR) is 60.8 cm³/mol. The van der Waals surface area contributed by atoms with Crippen LogP contribution in [-0.2, 0) is 6.18 Å². The number of hydrogen-bond donors (Lipinski definition) is 0. The smallest absolute Gasteiger partial charge is 0.305 e. The second kappa shape index (κ2) is 4.33. The molecule has 1 nitrogen and oxygen atoms in total. The molecule has 0 aliphatic carbocycles. The number of likely N-dealkylation sites (N-methyl/N-ethyl adjacent to an activating group) is 1. The van der Waals surface area contributed by atoms with Gasteiger partial charge in [0.1, 0.15) is 0 Å². The van der Waals surface area contributed by atoms with Crippen LogP contribution in [-0.4, -0.2) is 25.0 Å². The summed E-state index contributed by atoms with van der Waals surface area (Å²) in [6.07, 6.45) is -4.25. The molecule has 0 spiro atoms. The molecule has 1 aromatic rings. The Kier molecular flexibility index (Phi) is 3.17. The van der Waals surface area contributed by atoms with Crippen molar-refractivity contribution in [2.75, 3.05) is 20.1 Å². The maximum Gasteiger partial charge on any atom is 0.416 e. The van der Waals surface area contributed by atoms with Gasteiger partial charge < -0.3 is 4.90 Å². The third-order valence-electron chi connectivity index (χ3n) is 3.46. The van der Waals surface area contributed by atoms with Gasteiger partial charge in [-0.25, -0.2) is 0 Å². The molecule has 0 N–H and O–H groups in total. The highest BCUT2D eigenvalue weighted by molar-refractivity contribution is 5.34. The summed E-state index contributed by atoms with van der Waals surface area (Å²) in [5.74, 6) is 0.251. The van der Waals surface area contributed by atoms with E-state index in [1.54, 1.807) is 12.1 Å². The van der Waals surface area contributed by atoms with Crippen molar-refractivity contribution in [1.82, 2.24) is 4.90 Å². The van der Waals surface area contributed by atoms with Crippen LogP contribution in [0, 0.1) is 5.92 Å². The van der Waals surface area contributed by atoms with Crippen LogP contribution in [0.25, 0.3) is 0 Å². The number of benzene rings is 1. The molecule has 0 unspecified atom stereocenters. The van der Waals surface area contributed by atoms with E-state index in [1.807, 2.05) is 14.0 Å². The fourth-order valence-electron chi connectivity index (χ4n) is 2.69. The van der Waals surface area contributed by atoms with E-state index in [2.05, 4.69) is 4.90 Å². The number of rotatable bonds is 1. The first-order valence-electron chi connectivity index (χ1n) is 5.74. The van der Waals surface area contributed by atoms with Gasteiger partial charge in [-0.15, -0.1) is 0 Å². The molecule has 0 bridgehead atoms. The minimum absolute atomic E-state index is 0.0159. The summed E-state index contributed by atoms with van der Waals surface area (Å²) in [5, 5.41) is 0. The van der Waals surface area contributed by atoms with Gasteiger partial charge in [0.15, 0.2) is 0 Å². The van der Waals surface area contributed by atoms with E-state index in [1.165, 1.54) is 12.1 Å². The summed E-state index contributed by atoms with van der Waals surface area (Å²) < 4.78 is 38.7. The highest BCUT2D eigenvalue weighted by atomic mass is 19.4. The highest BCUT2D eigenvalue weighted by Gasteiger charge is 2.38. The lowest BCUT2D eigenvalue weighted by Crippen LogP contribution is -2.16. The van der Waals surface area contributed by atoms with Gasteiger partial charge in [0.2, 0.25) is 0 Å². The van der Waals surface area contributed by atoms with Gasteiger partial charge in [-0.1, -0.05) is 25.1 Å². The van der Waals surface area contributed by atoms with E-state index in [9.17, 15) is 13.2 Å². The van der Waals surface area contributed by atoms with Crippen LogP contribution in [0.1, 0.15) is 24.0 Å². The zero-order chi connectivity index (χ0) is 12.6. The number of likely N-dealkylation sites (tertiary alicyclic amines) is 1. The molecule has 2 rings (SSSR count). The molecule has 1 heterocycles. The molecule has 2 atom stereocenters. The first-order chi connectivity index (χ1) is 7.89. The molecule has 0 saturated carbocycles. The van der Waals surface area contributed by atoms with Crippen molar-refractivity contribution in [2.24, 2.45) is 5.92 Å². The van der Waals surface area contributed by atoms with E-state index in [-0.39, 0.29) is 11.8 Å². The van der Waals surface area contributed by atoms with Crippen molar-refractivity contribution >= 4 is 0 Å². The van der Waals surface area contributed by atoms with Gasteiger partial charge in [0.25, 0.3) is 0 Å². The molecular weight excluding hydrogens is 227 g/mol. The van der Waals surface area contributed by atoms with Crippen LogP contribution in [0.15, 0.2) is 24.3 Å². The number of alkyl halides is 3. The summed E-state index contributed by atoms with van der Waals surface area (Å²) in [6.45, 7) is 3.58. The second-order valence-electron chi connectivity index (χ2n) is 4.89. The first-order valence-corrected chi connectivity index (χ1v) is 5.74. The van der Waals surface area contributed by atoms with E-state index in [4.69, 9.17) is 0 Å². The van der Waals surface area contributed by atoms with Crippen LogP contribution in [0.2, 0.25) is 0 Å². The molecule has 1 fully saturated rings. The molecule has 0 amide bonds. The van der Waals surface area contributed by atoms with Gasteiger partial charge in [-0.05, 0) is 24.6 Å². The lowest BCUT2D eigenvalue weighted by atomic mass is 9.87. The monoisotopic (exact) mass is 243 g/mol. The van der Waals surface area contributed by atoms with Crippen LogP contribution < -0.4 is 0 Å². The van der Waals surface area contributed by atoms with Crippen molar-refractivity contribution in [2.45, 2.75) is 19.0 Å². The third kappa shape index (κ3) is 2.46. The standard InChI is InChI=1S/C13H16F3N/c1-9-7-17(2)8-11(9)10-5-3-4-6-12(10)13(14,15)16/h3-6,9,11H,7-8H2,1-2H3/t9-,11-/m1/s1. The van der Waals surface area contributed by atoms with Gasteiger partial charge in [0.05, 0.1) is 5.56 Å². The van der Waals surface area contributed by atoms with Crippen molar-refractivity contribution in [1.29, 1.82) is 0 Å². The Labute approximate surface area is 99.2 Å². The maximum absolute atomic E-state index is 12.9.